The number of esters is 1. The molecule has 0 aliphatic carbocycles. The van der Waals surface area contributed by atoms with Crippen molar-refractivity contribution in [3.63, 3.8) is 0 Å². The molecule has 3 aliphatic heterocycles. The molecule has 1 aromatic rings. The van der Waals surface area contributed by atoms with Gasteiger partial charge in [-0.1, -0.05) is 24.3 Å². The molecule has 6 heteroatoms. The van der Waals surface area contributed by atoms with E-state index in [-0.39, 0.29) is 29.7 Å². The number of carbonyl (C=O) groups excluding carboxylic acids is 3. The van der Waals surface area contributed by atoms with Gasteiger partial charge in [-0.2, -0.15) is 0 Å². The summed E-state index contributed by atoms with van der Waals surface area (Å²) < 4.78 is 11.0. The van der Waals surface area contributed by atoms with E-state index in [2.05, 4.69) is 0 Å². The SMILES string of the molecule is CCOC(=O)c1ccccc1N1C(=O)[C@@H]2[C@H](C1=O)[C@@]1(C)C=C[C@@]2(C)O1. The summed E-state index contributed by atoms with van der Waals surface area (Å²) in [4.78, 5) is 39.6. The number of nitrogens with zero attached hydrogens (tertiary/aromatic N) is 1. The van der Waals surface area contributed by atoms with Crippen LogP contribution in [0.4, 0.5) is 5.69 Å². The predicted octanol–water partition coefficient (Wildman–Crippen LogP) is 2.09. The van der Waals surface area contributed by atoms with Gasteiger partial charge in [-0.05, 0) is 32.9 Å². The summed E-state index contributed by atoms with van der Waals surface area (Å²) in [5.74, 6) is -2.37. The van der Waals surface area contributed by atoms with Crippen molar-refractivity contribution in [2.24, 2.45) is 11.8 Å². The van der Waals surface area contributed by atoms with Crippen molar-refractivity contribution in [3.05, 3.63) is 42.0 Å². The lowest BCUT2D eigenvalue weighted by atomic mass is 9.73. The van der Waals surface area contributed by atoms with Gasteiger partial charge < -0.3 is 9.47 Å². The largest absolute Gasteiger partial charge is 0.462 e. The summed E-state index contributed by atoms with van der Waals surface area (Å²) >= 11 is 0. The van der Waals surface area contributed by atoms with E-state index in [1.807, 2.05) is 26.0 Å². The van der Waals surface area contributed by atoms with Crippen LogP contribution in [0, 0.1) is 11.8 Å². The van der Waals surface area contributed by atoms with Crippen molar-refractivity contribution in [2.45, 2.75) is 32.0 Å². The number of amides is 2. The Morgan fingerprint density at radius 1 is 1.12 bits per heavy atom. The van der Waals surface area contributed by atoms with Gasteiger partial charge in [0.1, 0.15) is 0 Å². The van der Waals surface area contributed by atoms with Crippen molar-refractivity contribution < 1.29 is 23.9 Å². The van der Waals surface area contributed by atoms with Crippen LogP contribution in [0.15, 0.2) is 36.4 Å². The molecule has 25 heavy (non-hydrogen) atoms. The lowest BCUT2D eigenvalue weighted by Gasteiger charge is -2.26. The fourth-order valence-corrected chi connectivity index (χ4v) is 4.32. The zero-order chi connectivity index (χ0) is 18.0. The first-order chi connectivity index (χ1) is 11.8. The summed E-state index contributed by atoms with van der Waals surface area (Å²) in [5, 5.41) is 0. The van der Waals surface area contributed by atoms with Gasteiger partial charge in [0, 0.05) is 0 Å². The summed E-state index contributed by atoms with van der Waals surface area (Å²) in [5.41, 5.74) is -1.10. The van der Waals surface area contributed by atoms with Crippen LogP contribution >= 0.6 is 0 Å². The Hall–Kier alpha value is -2.47. The zero-order valence-electron chi connectivity index (χ0n) is 14.3. The van der Waals surface area contributed by atoms with Crippen molar-refractivity contribution in [1.82, 2.24) is 0 Å². The van der Waals surface area contributed by atoms with E-state index in [0.29, 0.717) is 0 Å². The average molecular weight is 341 g/mol. The van der Waals surface area contributed by atoms with E-state index in [0.717, 1.165) is 4.90 Å². The Labute approximate surface area is 145 Å². The molecule has 1 aromatic carbocycles. The number of para-hydroxylation sites is 1. The van der Waals surface area contributed by atoms with Gasteiger partial charge in [0.2, 0.25) is 11.8 Å². The van der Waals surface area contributed by atoms with Crippen molar-refractivity contribution in [1.29, 1.82) is 0 Å². The van der Waals surface area contributed by atoms with E-state index in [9.17, 15) is 14.4 Å². The smallest absolute Gasteiger partial charge is 0.340 e. The number of hydrogen-bond acceptors (Lipinski definition) is 5. The molecule has 130 valence electrons. The van der Waals surface area contributed by atoms with Gasteiger partial charge in [-0.25, -0.2) is 9.69 Å². The second kappa shape index (κ2) is 5.02. The molecule has 2 bridgehead atoms. The van der Waals surface area contributed by atoms with E-state index < -0.39 is 29.0 Å². The number of anilines is 1. The molecule has 2 saturated heterocycles. The highest BCUT2D eigenvalue weighted by Crippen LogP contribution is 2.57. The predicted molar refractivity (Wildman–Crippen MR) is 88.9 cm³/mol. The molecular formula is C19H19NO5. The molecule has 2 fully saturated rings. The third-order valence-corrected chi connectivity index (χ3v) is 5.37. The van der Waals surface area contributed by atoms with E-state index in [1.54, 1.807) is 31.2 Å². The molecule has 0 saturated carbocycles. The van der Waals surface area contributed by atoms with Gasteiger partial charge in [-0.3, -0.25) is 9.59 Å². The lowest BCUT2D eigenvalue weighted by molar-refractivity contribution is -0.128. The molecule has 3 aliphatic rings. The van der Waals surface area contributed by atoms with E-state index >= 15 is 0 Å². The molecule has 3 heterocycles. The van der Waals surface area contributed by atoms with E-state index in [4.69, 9.17) is 9.47 Å². The first-order valence-corrected chi connectivity index (χ1v) is 8.37. The highest BCUT2D eigenvalue weighted by atomic mass is 16.5. The van der Waals surface area contributed by atoms with Crippen LogP contribution in [0.2, 0.25) is 0 Å². The Morgan fingerprint density at radius 2 is 1.68 bits per heavy atom. The third-order valence-electron chi connectivity index (χ3n) is 5.37. The molecule has 6 nitrogen and oxygen atoms in total. The van der Waals surface area contributed by atoms with Crippen LogP contribution in [0.25, 0.3) is 0 Å². The Morgan fingerprint density at radius 3 is 2.24 bits per heavy atom. The highest BCUT2D eigenvalue weighted by Gasteiger charge is 2.70. The van der Waals surface area contributed by atoms with Crippen molar-refractivity contribution in [2.75, 3.05) is 11.5 Å². The minimum Gasteiger partial charge on any atom is -0.462 e. The Balaban J connectivity index is 1.79. The summed E-state index contributed by atoms with van der Waals surface area (Å²) in [6.45, 7) is 5.57. The Kier molecular flexibility index (Phi) is 3.22. The fourth-order valence-electron chi connectivity index (χ4n) is 4.32. The number of benzene rings is 1. The van der Waals surface area contributed by atoms with Crippen LogP contribution in [-0.4, -0.2) is 35.6 Å². The molecule has 2 amide bonds. The average Bonchev–Trinajstić information content (AvgIpc) is 3.12. The minimum absolute atomic E-state index is 0.211. The van der Waals surface area contributed by atoms with Gasteiger partial charge in [0.05, 0.1) is 40.9 Å². The molecule has 0 unspecified atom stereocenters. The van der Waals surface area contributed by atoms with Gasteiger partial charge in [0.25, 0.3) is 0 Å². The van der Waals surface area contributed by atoms with E-state index in [1.165, 1.54) is 0 Å². The molecular weight excluding hydrogens is 322 g/mol. The summed E-state index contributed by atoms with van der Waals surface area (Å²) in [6, 6.07) is 6.54. The molecule has 4 atom stereocenters. The summed E-state index contributed by atoms with van der Waals surface area (Å²) in [7, 11) is 0. The van der Waals surface area contributed by atoms with Crippen LogP contribution in [-0.2, 0) is 19.1 Å². The second-order valence-electron chi connectivity index (χ2n) is 7.01. The number of rotatable bonds is 3. The fraction of sp³-hybridized carbons (Fsp3) is 0.421. The molecule has 0 aromatic heterocycles. The maximum Gasteiger partial charge on any atom is 0.340 e. The molecule has 0 spiro atoms. The van der Waals surface area contributed by atoms with Crippen LogP contribution in [0.3, 0.4) is 0 Å². The van der Waals surface area contributed by atoms with Crippen LogP contribution in [0.1, 0.15) is 31.1 Å². The first kappa shape index (κ1) is 16.0. The van der Waals surface area contributed by atoms with Crippen LogP contribution in [0.5, 0.6) is 0 Å². The maximum absolute atomic E-state index is 13.1. The number of carbonyl (C=O) groups is 3. The van der Waals surface area contributed by atoms with Crippen LogP contribution < -0.4 is 4.90 Å². The number of fused-ring (bicyclic) bond motifs is 5. The second-order valence-corrected chi connectivity index (χ2v) is 7.01. The molecule has 4 rings (SSSR count). The quantitative estimate of drug-likeness (QED) is 0.478. The summed E-state index contributed by atoms with van der Waals surface area (Å²) in [6.07, 6.45) is 3.72. The topological polar surface area (TPSA) is 72.9 Å². The van der Waals surface area contributed by atoms with Gasteiger partial charge >= 0.3 is 5.97 Å². The number of ether oxygens (including phenoxy) is 2. The maximum atomic E-state index is 13.1. The highest BCUT2D eigenvalue weighted by molar-refractivity contribution is 6.25. The zero-order valence-corrected chi connectivity index (χ0v) is 14.3. The van der Waals surface area contributed by atoms with Gasteiger partial charge in [-0.15, -0.1) is 0 Å². The van der Waals surface area contributed by atoms with Crippen molar-refractivity contribution in [3.8, 4) is 0 Å². The monoisotopic (exact) mass is 341 g/mol. The lowest BCUT2D eigenvalue weighted by Crippen LogP contribution is -2.40. The first-order valence-electron chi connectivity index (χ1n) is 8.37. The molecule has 0 N–H and O–H groups in total. The third kappa shape index (κ3) is 1.97. The minimum atomic E-state index is -0.792. The normalized spacial score (nSPS) is 35.4. The number of imide groups is 1. The van der Waals surface area contributed by atoms with Crippen molar-refractivity contribution >= 4 is 23.5 Å². The standard InChI is InChI=1S/C19H19NO5/c1-4-24-17(23)11-7-5-6-8-12(11)20-15(21)13-14(16(20)22)19(3)10-9-18(13,2)25-19/h5-10,13-14H,4H2,1-3H3/t13-,14+,18-,19-/m1/s1. The number of hydrogen-bond donors (Lipinski definition) is 0. The Bertz CT molecular complexity index is 795. The van der Waals surface area contributed by atoms with Gasteiger partial charge in [0.15, 0.2) is 0 Å². The molecule has 0 radical (unpaired) electrons.